The van der Waals surface area contributed by atoms with Crippen molar-refractivity contribution >= 4 is 11.9 Å². The highest BCUT2D eigenvalue weighted by molar-refractivity contribution is 5.96. The average Bonchev–Trinajstić information content (AvgIpc) is 3.84. The predicted octanol–water partition coefficient (Wildman–Crippen LogP) is 6.15. The van der Waals surface area contributed by atoms with E-state index in [2.05, 4.69) is 5.10 Å². The van der Waals surface area contributed by atoms with E-state index in [0.29, 0.717) is 16.8 Å². The minimum absolute atomic E-state index is 0.146. The molecule has 2 saturated carbocycles. The molecule has 0 spiro atoms. The number of alkyl halides is 3. The van der Waals surface area contributed by atoms with Crippen molar-refractivity contribution in [1.82, 2.24) is 14.7 Å². The van der Waals surface area contributed by atoms with Crippen molar-refractivity contribution in [2.45, 2.75) is 44.2 Å². The number of nitrogens with zero attached hydrogens (tertiary/aromatic N) is 3. The second kappa shape index (κ2) is 10.2. The molecule has 1 aromatic heterocycles. The summed E-state index contributed by atoms with van der Waals surface area (Å²) in [6.45, 7) is -0.330. The summed E-state index contributed by atoms with van der Waals surface area (Å²) in [5.41, 5.74) is 2.08. The summed E-state index contributed by atoms with van der Waals surface area (Å²) in [4.78, 5) is 26.6. The molecule has 0 atom stereocenters. The van der Waals surface area contributed by atoms with E-state index < -0.39 is 36.8 Å². The molecule has 2 fully saturated rings. The van der Waals surface area contributed by atoms with Gasteiger partial charge in [-0.3, -0.25) is 4.79 Å². The lowest BCUT2D eigenvalue weighted by atomic mass is 10.0. The maximum Gasteiger partial charge on any atom is 0.390 e. The van der Waals surface area contributed by atoms with Crippen LogP contribution in [0.2, 0.25) is 0 Å². The standard InChI is InChI=1S/C28H27F4N3O3/c1-38-27(37)23-15-33-35(25(23)18-10-11-18)20-5-2-4-19(14-20)21-6-3-7-22(24(21)29)26(36)34(16-17-8-9-17)13-12-28(30,31)32/h2-7,14-15,17-18H,8-13,16H2,1H3. The number of methoxy groups -OCH3 is 1. The topological polar surface area (TPSA) is 64.4 Å². The lowest BCUT2D eigenvalue weighted by molar-refractivity contribution is -0.136. The molecule has 10 heteroatoms. The maximum atomic E-state index is 15.8. The first-order valence-electron chi connectivity index (χ1n) is 12.6. The zero-order chi connectivity index (χ0) is 27.0. The maximum absolute atomic E-state index is 15.8. The Bertz CT molecular complexity index is 1360. The Kier molecular flexibility index (Phi) is 6.98. The Labute approximate surface area is 217 Å². The van der Waals surface area contributed by atoms with Gasteiger partial charge in [-0.05, 0) is 55.4 Å². The van der Waals surface area contributed by atoms with Gasteiger partial charge in [0.2, 0.25) is 0 Å². The van der Waals surface area contributed by atoms with E-state index in [0.717, 1.165) is 36.3 Å². The minimum Gasteiger partial charge on any atom is -0.465 e. The van der Waals surface area contributed by atoms with E-state index in [-0.39, 0.29) is 29.5 Å². The van der Waals surface area contributed by atoms with Crippen LogP contribution in [0, 0.1) is 11.7 Å². The molecule has 0 saturated heterocycles. The number of amides is 1. The van der Waals surface area contributed by atoms with Crippen molar-refractivity contribution in [1.29, 1.82) is 0 Å². The summed E-state index contributed by atoms with van der Waals surface area (Å²) >= 11 is 0. The Hall–Kier alpha value is -3.69. The molecule has 2 aromatic carbocycles. The zero-order valence-electron chi connectivity index (χ0n) is 20.8. The predicted molar refractivity (Wildman–Crippen MR) is 132 cm³/mol. The van der Waals surface area contributed by atoms with E-state index in [1.165, 1.54) is 31.5 Å². The van der Waals surface area contributed by atoms with Gasteiger partial charge in [-0.25, -0.2) is 13.9 Å². The summed E-state index contributed by atoms with van der Waals surface area (Å²) in [5, 5.41) is 4.39. The number of aromatic nitrogens is 2. The minimum atomic E-state index is -4.41. The number of carbonyl (C=O) groups excluding carboxylic acids is 2. The second-order valence-electron chi connectivity index (χ2n) is 9.90. The van der Waals surface area contributed by atoms with Crippen LogP contribution >= 0.6 is 0 Å². The van der Waals surface area contributed by atoms with Gasteiger partial charge >= 0.3 is 12.1 Å². The highest BCUT2D eigenvalue weighted by Gasteiger charge is 2.34. The van der Waals surface area contributed by atoms with Crippen LogP contribution in [0.1, 0.15) is 64.4 Å². The Morgan fingerprint density at radius 1 is 1.08 bits per heavy atom. The molecule has 200 valence electrons. The number of ether oxygens (including phenoxy) is 1. The first kappa shape index (κ1) is 25.9. The van der Waals surface area contributed by atoms with Gasteiger partial charge in [-0.1, -0.05) is 24.3 Å². The lowest BCUT2D eigenvalue weighted by Crippen LogP contribution is -2.36. The average molecular weight is 530 g/mol. The lowest BCUT2D eigenvalue weighted by Gasteiger charge is -2.24. The molecule has 2 aliphatic rings. The van der Waals surface area contributed by atoms with Crippen molar-refractivity contribution in [3.05, 3.63) is 71.3 Å². The zero-order valence-corrected chi connectivity index (χ0v) is 20.8. The molecule has 0 unspecified atom stereocenters. The van der Waals surface area contributed by atoms with Crippen molar-refractivity contribution in [2.75, 3.05) is 20.2 Å². The third-order valence-electron chi connectivity index (χ3n) is 6.93. The first-order chi connectivity index (χ1) is 18.2. The van der Waals surface area contributed by atoms with Crippen LogP contribution in [0.4, 0.5) is 17.6 Å². The van der Waals surface area contributed by atoms with Gasteiger partial charge < -0.3 is 9.64 Å². The molecule has 0 bridgehead atoms. The van der Waals surface area contributed by atoms with Crippen molar-refractivity contribution in [2.24, 2.45) is 5.92 Å². The first-order valence-corrected chi connectivity index (χ1v) is 12.6. The summed E-state index contributed by atoms with van der Waals surface area (Å²) in [6, 6.07) is 11.2. The van der Waals surface area contributed by atoms with Gasteiger partial charge in [0.25, 0.3) is 5.91 Å². The monoisotopic (exact) mass is 529 g/mol. The highest BCUT2D eigenvalue weighted by atomic mass is 19.4. The number of carbonyl (C=O) groups is 2. The smallest absolute Gasteiger partial charge is 0.390 e. The summed E-state index contributed by atoms with van der Waals surface area (Å²) in [6.07, 6.45) is -0.572. The second-order valence-corrected chi connectivity index (χ2v) is 9.90. The van der Waals surface area contributed by atoms with Crippen LogP contribution in [0.15, 0.2) is 48.7 Å². The van der Waals surface area contributed by atoms with E-state index in [1.54, 1.807) is 28.9 Å². The third-order valence-corrected chi connectivity index (χ3v) is 6.93. The molecule has 1 heterocycles. The summed E-state index contributed by atoms with van der Waals surface area (Å²) < 4.78 is 60.9. The molecule has 1 amide bonds. The molecule has 38 heavy (non-hydrogen) atoms. The molecule has 0 radical (unpaired) electrons. The summed E-state index contributed by atoms with van der Waals surface area (Å²) in [5.74, 6) is -1.70. The highest BCUT2D eigenvalue weighted by Crippen LogP contribution is 2.43. The fraction of sp³-hybridized carbons (Fsp3) is 0.393. The van der Waals surface area contributed by atoms with Gasteiger partial charge in [0.1, 0.15) is 11.4 Å². The molecule has 2 aliphatic carbocycles. The van der Waals surface area contributed by atoms with Gasteiger partial charge in [0, 0.05) is 24.6 Å². The molecule has 5 rings (SSSR count). The molecular formula is C28H27F4N3O3. The largest absolute Gasteiger partial charge is 0.465 e. The fourth-order valence-electron chi connectivity index (χ4n) is 4.63. The molecule has 0 N–H and O–H groups in total. The number of rotatable bonds is 9. The van der Waals surface area contributed by atoms with E-state index >= 15 is 4.39 Å². The van der Waals surface area contributed by atoms with Crippen LogP contribution in [-0.4, -0.2) is 52.9 Å². The van der Waals surface area contributed by atoms with Crippen molar-refractivity contribution in [3.8, 4) is 16.8 Å². The van der Waals surface area contributed by atoms with Gasteiger partial charge in [0.05, 0.1) is 36.7 Å². The van der Waals surface area contributed by atoms with Crippen LogP contribution in [0.3, 0.4) is 0 Å². The quantitative estimate of drug-likeness (QED) is 0.247. The fourth-order valence-corrected chi connectivity index (χ4v) is 4.63. The van der Waals surface area contributed by atoms with Gasteiger partial charge in [-0.2, -0.15) is 18.3 Å². The van der Waals surface area contributed by atoms with E-state index in [9.17, 15) is 22.8 Å². The van der Waals surface area contributed by atoms with E-state index in [4.69, 9.17) is 4.74 Å². The van der Waals surface area contributed by atoms with Crippen molar-refractivity contribution < 1.29 is 31.9 Å². The van der Waals surface area contributed by atoms with E-state index in [1.807, 2.05) is 0 Å². The number of halogens is 4. The number of benzene rings is 2. The van der Waals surface area contributed by atoms with Gasteiger partial charge in [0.15, 0.2) is 0 Å². The third kappa shape index (κ3) is 5.58. The Balaban J connectivity index is 1.46. The van der Waals surface area contributed by atoms with Crippen LogP contribution in [0.5, 0.6) is 0 Å². The molecule has 6 nitrogen and oxygen atoms in total. The van der Waals surface area contributed by atoms with Crippen LogP contribution in [0.25, 0.3) is 16.8 Å². The normalized spacial score (nSPS) is 15.4. The van der Waals surface area contributed by atoms with Crippen LogP contribution in [-0.2, 0) is 4.74 Å². The number of esters is 1. The van der Waals surface area contributed by atoms with Crippen LogP contribution < -0.4 is 0 Å². The summed E-state index contributed by atoms with van der Waals surface area (Å²) in [7, 11) is 1.31. The molecule has 0 aliphatic heterocycles. The number of hydrogen-bond donors (Lipinski definition) is 0. The Morgan fingerprint density at radius 3 is 2.47 bits per heavy atom. The number of hydrogen-bond acceptors (Lipinski definition) is 4. The molecule has 3 aromatic rings. The Morgan fingerprint density at radius 2 is 1.82 bits per heavy atom. The molecular weight excluding hydrogens is 502 g/mol. The SMILES string of the molecule is COC(=O)c1cnn(-c2cccc(-c3cccc(C(=O)N(CCC(F)(F)F)CC4CC4)c3F)c2)c1C1CC1. The van der Waals surface area contributed by atoms with Crippen molar-refractivity contribution in [3.63, 3.8) is 0 Å². The van der Waals surface area contributed by atoms with Gasteiger partial charge in [-0.15, -0.1) is 0 Å².